The quantitative estimate of drug-likeness (QED) is 0.767. The van der Waals surface area contributed by atoms with Crippen molar-refractivity contribution < 1.29 is 9.18 Å². The van der Waals surface area contributed by atoms with Crippen LogP contribution in [-0.2, 0) is 11.2 Å². The highest BCUT2D eigenvalue weighted by atomic mass is 19.1. The predicted octanol–water partition coefficient (Wildman–Crippen LogP) is 2.18. The molecule has 0 aromatic heterocycles. The van der Waals surface area contributed by atoms with Gasteiger partial charge in [0, 0.05) is 13.0 Å². The van der Waals surface area contributed by atoms with Crippen LogP contribution in [0.4, 0.5) is 4.39 Å². The third-order valence-electron chi connectivity index (χ3n) is 2.35. The van der Waals surface area contributed by atoms with Crippen LogP contribution >= 0.6 is 0 Å². The van der Waals surface area contributed by atoms with Crippen molar-refractivity contribution in [1.29, 1.82) is 5.26 Å². The van der Waals surface area contributed by atoms with Crippen molar-refractivity contribution in [2.24, 2.45) is 0 Å². The molecule has 0 aliphatic rings. The lowest BCUT2D eigenvalue weighted by molar-refractivity contribution is -0.120. The van der Waals surface area contributed by atoms with Gasteiger partial charge in [-0.1, -0.05) is 18.2 Å². The second-order valence-electron chi connectivity index (χ2n) is 3.73. The van der Waals surface area contributed by atoms with Crippen molar-refractivity contribution in [2.75, 3.05) is 6.54 Å². The summed E-state index contributed by atoms with van der Waals surface area (Å²) < 4.78 is 13.2. The van der Waals surface area contributed by atoms with Crippen LogP contribution in [0.25, 0.3) is 0 Å². The van der Waals surface area contributed by atoms with Gasteiger partial charge in [-0.05, 0) is 24.5 Å². The van der Waals surface area contributed by atoms with Crippen molar-refractivity contribution >= 4 is 5.91 Å². The summed E-state index contributed by atoms with van der Waals surface area (Å²) >= 11 is 0. The molecule has 90 valence electrons. The highest BCUT2D eigenvalue weighted by Crippen LogP contribution is 2.06. The van der Waals surface area contributed by atoms with Crippen LogP contribution in [-0.4, -0.2) is 12.5 Å². The number of nitrogens with one attached hydrogen (secondary N) is 1. The molecule has 17 heavy (non-hydrogen) atoms. The second kappa shape index (κ2) is 7.39. The first-order valence-corrected chi connectivity index (χ1v) is 5.61. The van der Waals surface area contributed by atoms with Gasteiger partial charge in [-0.3, -0.25) is 4.79 Å². The van der Waals surface area contributed by atoms with E-state index in [4.69, 9.17) is 5.26 Å². The maximum Gasteiger partial charge on any atom is 0.224 e. The fourth-order valence-electron chi connectivity index (χ4n) is 1.43. The van der Waals surface area contributed by atoms with Gasteiger partial charge in [0.1, 0.15) is 5.82 Å². The van der Waals surface area contributed by atoms with E-state index < -0.39 is 0 Å². The first kappa shape index (κ1) is 13.2. The average Bonchev–Trinajstić information content (AvgIpc) is 2.32. The van der Waals surface area contributed by atoms with E-state index in [9.17, 15) is 9.18 Å². The lowest BCUT2D eigenvalue weighted by Crippen LogP contribution is -2.26. The summed E-state index contributed by atoms with van der Waals surface area (Å²) in [6.45, 7) is 0.537. The number of hydrogen-bond donors (Lipinski definition) is 1. The van der Waals surface area contributed by atoms with Crippen molar-refractivity contribution in [3.8, 4) is 6.07 Å². The lowest BCUT2D eigenvalue weighted by atomic mass is 10.1. The van der Waals surface area contributed by atoms with E-state index >= 15 is 0 Å². The molecular formula is C13H15FN2O. The molecule has 1 aromatic carbocycles. The molecule has 3 nitrogen and oxygen atoms in total. The first-order valence-electron chi connectivity index (χ1n) is 5.61. The van der Waals surface area contributed by atoms with E-state index in [0.717, 1.165) is 12.8 Å². The van der Waals surface area contributed by atoms with Gasteiger partial charge in [0.15, 0.2) is 0 Å². The molecule has 0 unspecified atom stereocenters. The molecule has 0 aliphatic carbocycles. The summed E-state index contributed by atoms with van der Waals surface area (Å²) in [5, 5.41) is 11.0. The Morgan fingerprint density at radius 1 is 1.35 bits per heavy atom. The molecule has 0 aliphatic heterocycles. The van der Waals surface area contributed by atoms with Crippen molar-refractivity contribution in [2.45, 2.75) is 25.7 Å². The molecule has 0 radical (unpaired) electrons. The van der Waals surface area contributed by atoms with Gasteiger partial charge in [0.05, 0.1) is 12.5 Å². The fourth-order valence-corrected chi connectivity index (χ4v) is 1.43. The number of amides is 1. The minimum atomic E-state index is -0.355. The Hall–Kier alpha value is -1.89. The average molecular weight is 234 g/mol. The molecular weight excluding hydrogens is 219 g/mol. The summed E-state index contributed by atoms with van der Waals surface area (Å²) in [6, 6.07) is 8.29. The maximum atomic E-state index is 13.2. The van der Waals surface area contributed by atoms with Gasteiger partial charge < -0.3 is 5.32 Å². The number of rotatable bonds is 6. The molecule has 0 spiro atoms. The van der Waals surface area contributed by atoms with Crippen LogP contribution in [0, 0.1) is 17.1 Å². The fraction of sp³-hybridized carbons (Fsp3) is 0.385. The van der Waals surface area contributed by atoms with Gasteiger partial charge in [0.25, 0.3) is 0 Å². The Morgan fingerprint density at radius 3 is 2.82 bits per heavy atom. The van der Waals surface area contributed by atoms with Crippen molar-refractivity contribution in [3.63, 3.8) is 0 Å². The molecule has 0 bridgehead atoms. The van der Waals surface area contributed by atoms with Gasteiger partial charge >= 0.3 is 0 Å². The highest BCUT2D eigenvalue weighted by molar-refractivity contribution is 5.78. The van der Waals surface area contributed by atoms with Crippen LogP contribution in [0.2, 0.25) is 0 Å². The summed E-state index contributed by atoms with van der Waals surface area (Å²) in [6.07, 6.45) is 2.11. The van der Waals surface area contributed by atoms with Crippen molar-refractivity contribution in [3.05, 3.63) is 35.6 Å². The topological polar surface area (TPSA) is 52.9 Å². The number of hydrogen-bond acceptors (Lipinski definition) is 2. The van der Waals surface area contributed by atoms with E-state index in [1.807, 2.05) is 6.07 Å². The number of carbonyl (C=O) groups excluding carboxylic acids is 1. The van der Waals surface area contributed by atoms with E-state index in [2.05, 4.69) is 5.32 Å². The van der Waals surface area contributed by atoms with Crippen LogP contribution in [0.15, 0.2) is 24.3 Å². The Balaban J connectivity index is 2.26. The summed E-state index contributed by atoms with van der Waals surface area (Å²) in [5.41, 5.74) is 0.405. The second-order valence-corrected chi connectivity index (χ2v) is 3.73. The third kappa shape index (κ3) is 5.12. The number of carbonyl (C=O) groups is 1. The molecule has 0 atom stereocenters. The van der Waals surface area contributed by atoms with Crippen molar-refractivity contribution in [1.82, 2.24) is 5.32 Å². The van der Waals surface area contributed by atoms with Crippen LogP contribution in [0.3, 0.4) is 0 Å². The lowest BCUT2D eigenvalue weighted by Gasteiger charge is -2.05. The van der Waals surface area contributed by atoms with E-state index in [1.54, 1.807) is 18.2 Å². The molecule has 0 heterocycles. The largest absolute Gasteiger partial charge is 0.356 e. The zero-order valence-electron chi connectivity index (χ0n) is 9.58. The van der Waals surface area contributed by atoms with E-state index in [1.165, 1.54) is 6.07 Å². The van der Waals surface area contributed by atoms with Gasteiger partial charge in [0.2, 0.25) is 5.91 Å². The standard InChI is InChI=1S/C13H15FN2O/c14-12-7-3-2-6-11(12)10-13(17)16-9-5-1-4-8-15/h2-3,6-7H,1,4-5,9-10H2,(H,16,17). The molecule has 1 aromatic rings. The predicted molar refractivity (Wildman–Crippen MR) is 62.6 cm³/mol. The Morgan fingerprint density at radius 2 is 2.12 bits per heavy atom. The zero-order chi connectivity index (χ0) is 12.5. The third-order valence-corrected chi connectivity index (χ3v) is 2.35. The Kier molecular flexibility index (Phi) is 5.73. The normalized spacial score (nSPS) is 9.65. The van der Waals surface area contributed by atoms with Crippen LogP contribution < -0.4 is 5.32 Å². The van der Waals surface area contributed by atoms with Crippen LogP contribution in [0.1, 0.15) is 24.8 Å². The molecule has 1 amide bonds. The molecule has 1 N–H and O–H groups in total. The molecule has 1 rings (SSSR count). The molecule has 0 saturated carbocycles. The summed E-state index contributed by atoms with van der Waals surface area (Å²) in [5.74, 6) is -0.542. The Bertz CT molecular complexity index is 412. The summed E-state index contributed by atoms with van der Waals surface area (Å²) in [4.78, 5) is 11.5. The van der Waals surface area contributed by atoms with Gasteiger partial charge in [-0.2, -0.15) is 5.26 Å². The molecule has 0 fully saturated rings. The smallest absolute Gasteiger partial charge is 0.224 e. The van der Waals surface area contributed by atoms with E-state index in [-0.39, 0.29) is 18.1 Å². The maximum absolute atomic E-state index is 13.2. The summed E-state index contributed by atoms with van der Waals surface area (Å²) in [7, 11) is 0. The van der Waals surface area contributed by atoms with Gasteiger partial charge in [-0.15, -0.1) is 0 Å². The van der Waals surface area contributed by atoms with Gasteiger partial charge in [-0.25, -0.2) is 4.39 Å². The highest BCUT2D eigenvalue weighted by Gasteiger charge is 2.06. The molecule has 0 saturated heterocycles. The van der Waals surface area contributed by atoms with Crippen LogP contribution in [0.5, 0.6) is 0 Å². The number of benzene rings is 1. The minimum absolute atomic E-state index is 0.0604. The number of unbranched alkanes of at least 4 members (excludes halogenated alkanes) is 2. The Labute approximate surface area is 100 Å². The first-order chi connectivity index (χ1) is 8.24. The number of nitrogens with zero attached hydrogens (tertiary/aromatic N) is 1. The SMILES string of the molecule is N#CCCCCNC(=O)Cc1ccccc1F. The number of nitriles is 1. The van der Waals surface area contributed by atoms with E-state index in [0.29, 0.717) is 18.5 Å². The molecule has 4 heteroatoms. The monoisotopic (exact) mass is 234 g/mol. The minimum Gasteiger partial charge on any atom is -0.356 e. The zero-order valence-corrected chi connectivity index (χ0v) is 9.58. The number of halogens is 1.